The quantitative estimate of drug-likeness (QED) is 0.857. The van der Waals surface area contributed by atoms with E-state index in [-0.39, 0.29) is 10.8 Å². The Morgan fingerprint density at radius 2 is 1.88 bits per heavy atom. The van der Waals surface area contributed by atoms with Gasteiger partial charge in [-0.1, -0.05) is 36.5 Å². The maximum atomic E-state index is 9.91. The van der Waals surface area contributed by atoms with E-state index in [0.717, 1.165) is 36.0 Å². The zero-order chi connectivity index (χ0) is 11.9. The number of hydrogen-bond donors (Lipinski definition) is 2. The standard InChI is InChI=1S/C12H15Cl2NO/c1-2-6-3-7-8(4-6)10(13)11(14)12(16)9(7)5-15/h6,16H,2-5,15H2,1H3. The second-order valence-electron chi connectivity index (χ2n) is 4.30. The molecule has 0 amide bonds. The lowest BCUT2D eigenvalue weighted by Gasteiger charge is -2.12. The summed E-state index contributed by atoms with van der Waals surface area (Å²) in [6, 6.07) is 0. The number of rotatable bonds is 2. The zero-order valence-corrected chi connectivity index (χ0v) is 10.7. The summed E-state index contributed by atoms with van der Waals surface area (Å²) in [5, 5.41) is 10.7. The fourth-order valence-corrected chi connectivity index (χ4v) is 2.95. The summed E-state index contributed by atoms with van der Waals surface area (Å²) in [5.41, 5.74) is 8.62. The third kappa shape index (κ3) is 1.69. The van der Waals surface area contributed by atoms with Crippen molar-refractivity contribution in [2.24, 2.45) is 11.7 Å². The van der Waals surface area contributed by atoms with E-state index >= 15 is 0 Å². The molecule has 1 aromatic carbocycles. The Bertz CT molecular complexity index is 432. The second-order valence-corrected chi connectivity index (χ2v) is 5.05. The molecule has 0 fully saturated rings. The zero-order valence-electron chi connectivity index (χ0n) is 9.19. The molecule has 0 bridgehead atoms. The van der Waals surface area contributed by atoms with Crippen molar-refractivity contribution in [2.45, 2.75) is 32.7 Å². The minimum absolute atomic E-state index is 0.0599. The average molecular weight is 260 g/mol. The van der Waals surface area contributed by atoms with Gasteiger partial charge in [-0.2, -0.15) is 0 Å². The van der Waals surface area contributed by atoms with Crippen molar-refractivity contribution in [3.05, 3.63) is 26.7 Å². The van der Waals surface area contributed by atoms with Crippen molar-refractivity contribution in [2.75, 3.05) is 0 Å². The Hall–Kier alpha value is -0.440. The average Bonchev–Trinajstić information content (AvgIpc) is 2.71. The highest BCUT2D eigenvalue weighted by atomic mass is 35.5. The van der Waals surface area contributed by atoms with Gasteiger partial charge in [-0.25, -0.2) is 0 Å². The Labute approximate surface area is 105 Å². The van der Waals surface area contributed by atoms with Crippen LogP contribution in [0.1, 0.15) is 30.0 Å². The summed E-state index contributed by atoms with van der Waals surface area (Å²) in [6.45, 7) is 2.47. The van der Waals surface area contributed by atoms with Crippen LogP contribution in [0.2, 0.25) is 10.0 Å². The van der Waals surface area contributed by atoms with E-state index in [1.807, 2.05) is 0 Å². The first-order chi connectivity index (χ1) is 7.60. The largest absolute Gasteiger partial charge is 0.506 e. The molecule has 0 spiro atoms. The minimum Gasteiger partial charge on any atom is -0.506 e. The summed E-state index contributed by atoms with van der Waals surface area (Å²) in [7, 11) is 0. The molecule has 1 aliphatic rings. The third-order valence-electron chi connectivity index (χ3n) is 3.45. The lowest BCUT2D eigenvalue weighted by molar-refractivity contribution is 0.467. The van der Waals surface area contributed by atoms with Gasteiger partial charge < -0.3 is 10.8 Å². The van der Waals surface area contributed by atoms with Gasteiger partial charge in [0, 0.05) is 12.1 Å². The van der Waals surface area contributed by atoms with Gasteiger partial charge in [0.05, 0.1) is 5.02 Å². The number of fused-ring (bicyclic) bond motifs is 1. The Morgan fingerprint density at radius 1 is 1.25 bits per heavy atom. The van der Waals surface area contributed by atoms with E-state index in [2.05, 4.69) is 6.92 Å². The van der Waals surface area contributed by atoms with Crippen LogP contribution >= 0.6 is 23.2 Å². The van der Waals surface area contributed by atoms with Gasteiger partial charge in [-0.05, 0) is 29.9 Å². The summed E-state index contributed by atoms with van der Waals surface area (Å²) >= 11 is 12.2. The first kappa shape index (κ1) is 12.0. The van der Waals surface area contributed by atoms with Crippen LogP contribution in [0, 0.1) is 5.92 Å². The lowest BCUT2D eigenvalue weighted by Crippen LogP contribution is -2.03. The number of halogens is 2. The van der Waals surface area contributed by atoms with Gasteiger partial charge in [0.2, 0.25) is 0 Å². The highest BCUT2D eigenvalue weighted by Crippen LogP contribution is 2.45. The van der Waals surface area contributed by atoms with Gasteiger partial charge in [0.1, 0.15) is 10.8 Å². The predicted molar refractivity (Wildman–Crippen MR) is 67.2 cm³/mol. The van der Waals surface area contributed by atoms with Crippen molar-refractivity contribution in [1.29, 1.82) is 0 Å². The molecular formula is C12H15Cl2NO. The predicted octanol–water partition coefficient (Wildman–Crippen LogP) is 3.28. The molecule has 1 atom stereocenters. The molecular weight excluding hydrogens is 245 g/mol. The van der Waals surface area contributed by atoms with E-state index in [1.54, 1.807) is 0 Å². The SMILES string of the molecule is CCC1Cc2c(Cl)c(Cl)c(O)c(CN)c2C1. The summed E-state index contributed by atoms with van der Waals surface area (Å²) in [6.07, 6.45) is 2.99. The summed E-state index contributed by atoms with van der Waals surface area (Å²) in [5.74, 6) is 0.653. The fraction of sp³-hybridized carbons (Fsp3) is 0.500. The summed E-state index contributed by atoms with van der Waals surface area (Å²) < 4.78 is 0. The monoisotopic (exact) mass is 259 g/mol. The molecule has 4 heteroatoms. The van der Waals surface area contributed by atoms with Crippen LogP contribution in [0.5, 0.6) is 5.75 Å². The maximum Gasteiger partial charge on any atom is 0.140 e. The highest BCUT2D eigenvalue weighted by molar-refractivity contribution is 6.43. The van der Waals surface area contributed by atoms with E-state index in [0.29, 0.717) is 17.5 Å². The van der Waals surface area contributed by atoms with E-state index in [9.17, 15) is 5.11 Å². The molecule has 3 N–H and O–H groups in total. The second kappa shape index (κ2) is 4.44. The molecule has 16 heavy (non-hydrogen) atoms. The first-order valence-corrected chi connectivity index (χ1v) is 6.26. The van der Waals surface area contributed by atoms with Crippen LogP contribution in [0.25, 0.3) is 0 Å². The molecule has 88 valence electrons. The Morgan fingerprint density at radius 3 is 2.44 bits per heavy atom. The van der Waals surface area contributed by atoms with E-state index < -0.39 is 0 Å². The van der Waals surface area contributed by atoms with Crippen LogP contribution in [-0.2, 0) is 19.4 Å². The fourth-order valence-electron chi connectivity index (χ4n) is 2.44. The van der Waals surface area contributed by atoms with Crippen LogP contribution in [0.4, 0.5) is 0 Å². The number of phenols is 1. The third-order valence-corrected chi connectivity index (χ3v) is 4.33. The number of benzene rings is 1. The van der Waals surface area contributed by atoms with Crippen molar-refractivity contribution < 1.29 is 5.11 Å². The molecule has 1 aromatic rings. The van der Waals surface area contributed by atoms with E-state index in [4.69, 9.17) is 28.9 Å². The van der Waals surface area contributed by atoms with E-state index in [1.165, 1.54) is 0 Å². The number of hydrogen-bond acceptors (Lipinski definition) is 2. The molecule has 0 heterocycles. The lowest BCUT2D eigenvalue weighted by atomic mass is 10.0. The van der Waals surface area contributed by atoms with Gasteiger partial charge >= 0.3 is 0 Å². The van der Waals surface area contributed by atoms with Crippen molar-refractivity contribution >= 4 is 23.2 Å². The highest BCUT2D eigenvalue weighted by Gasteiger charge is 2.28. The molecule has 0 radical (unpaired) electrons. The minimum atomic E-state index is 0.0599. The van der Waals surface area contributed by atoms with Gasteiger partial charge in [-0.15, -0.1) is 0 Å². The van der Waals surface area contributed by atoms with Crippen LogP contribution in [0.3, 0.4) is 0 Å². The molecule has 0 aromatic heterocycles. The van der Waals surface area contributed by atoms with Crippen LogP contribution in [0.15, 0.2) is 0 Å². The maximum absolute atomic E-state index is 9.91. The van der Waals surface area contributed by atoms with Crippen LogP contribution < -0.4 is 5.73 Å². The molecule has 1 unspecified atom stereocenters. The molecule has 0 saturated carbocycles. The van der Waals surface area contributed by atoms with Gasteiger partial charge in [-0.3, -0.25) is 0 Å². The first-order valence-electron chi connectivity index (χ1n) is 5.50. The number of aromatic hydroxyl groups is 1. The van der Waals surface area contributed by atoms with Gasteiger partial charge in [0.15, 0.2) is 0 Å². The topological polar surface area (TPSA) is 46.2 Å². The van der Waals surface area contributed by atoms with Crippen LogP contribution in [-0.4, -0.2) is 5.11 Å². The van der Waals surface area contributed by atoms with Crippen molar-refractivity contribution in [1.82, 2.24) is 0 Å². The summed E-state index contributed by atoms with van der Waals surface area (Å²) in [4.78, 5) is 0. The number of nitrogens with two attached hydrogens (primary N) is 1. The van der Waals surface area contributed by atoms with Crippen molar-refractivity contribution in [3.8, 4) is 5.75 Å². The smallest absolute Gasteiger partial charge is 0.140 e. The van der Waals surface area contributed by atoms with Gasteiger partial charge in [0.25, 0.3) is 0 Å². The van der Waals surface area contributed by atoms with Crippen molar-refractivity contribution in [3.63, 3.8) is 0 Å². The molecule has 0 aliphatic heterocycles. The molecule has 1 aliphatic carbocycles. The molecule has 2 rings (SSSR count). The molecule has 2 nitrogen and oxygen atoms in total. The normalized spacial score (nSPS) is 18.9. The Balaban J connectivity index is 2.60. The Kier molecular flexibility index (Phi) is 3.34. The number of phenolic OH excluding ortho intramolecular Hbond substituents is 1. The molecule has 0 saturated heterocycles.